The van der Waals surface area contributed by atoms with Crippen LogP contribution in [0.4, 0.5) is 14.7 Å². The highest BCUT2D eigenvalue weighted by Crippen LogP contribution is 2.31. The summed E-state index contributed by atoms with van der Waals surface area (Å²) in [5.41, 5.74) is 7.71. The lowest BCUT2D eigenvalue weighted by Gasteiger charge is -2.11. The van der Waals surface area contributed by atoms with Gasteiger partial charge in [-0.15, -0.1) is 0 Å². The molecule has 21 heavy (non-hydrogen) atoms. The number of methoxy groups -OCH3 is 1. The number of imidazole rings is 1. The molecule has 0 radical (unpaired) electrons. The lowest BCUT2D eigenvalue weighted by atomic mass is 10.2. The minimum Gasteiger partial charge on any atom is -0.494 e. The number of hydrogen-bond donors (Lipinski definition) is 1. The van der Waals surface area contributed by atoms with E-state index in [-0.39, 0.29) is 11.7 Å². The Labute approximate surface area is 119 Å². The van der Waals surface area contributed by atoms with Gasteiger partial charge in [0, 0.05) is 12.1 Å². The van der Waals surface area contributed by atoms with Crippen LogP contribution in [0.1, 0.15) is 5.56 Å². The Morgan fingerprint density at radius 2 is 1.95 bits per heavy atom. The number of ether oxygens (including phenoxy) is 1. The lowest BCUT2D eigenvalue weighted by molar-refractivity contribution is 0.387. The van der Waals surface area contributed by atoms with Gasteiger partial charge in [0.25, 0.3) is 0 Å². The minimum absolute atomic E-state index is 0.0534. The van der Waals surface area contributed by atoms with Gasteiger partial charge in [0.1, 0.15) is 5.82 Å². The van der Waals surface area contributed by atoms with Crippen molar-refractivity contribution in [2.75, 3.05) is 12.8 Å². The highest BCUT2D eigenvalue weighted by atomic mass is 19.1. The van der Waals surface area contributed by atoms with E-state index in [0.29, 0.717) is 22.3 Å². The molecule has 0 saturated heterocycles. The fourth-order valence-electron chi connectivity index (χ4n) is 2.40. The first kappa shape index (κ1) is 13.4. The van der Waals surface area contributed by atoms with Crippen LogP contribution < -0.4 is 10.5 Å². The van der Waals surface area contributed by atoms with Gasteiger partial charge in [-0.1, -0.05) is 12.1 Å². The zero-order chi connectivity index (χ0) is 15.1. The van der Waals surface area contributed by atoms with Crippen molar-refractivity contribution in [3.8, 4) is 11.4 Å². The van der Waals surface area contributed by atoms with Gasteiger partial charge in [0.15, 0.2) is 11.6 Å². The van der Waals surface area contributed by atoms with Crippen LogP contribution in [0.5, 0.6) is 5.75 Å². The summed E-state index contributed by atoms with van der Waals surface area (Å²) in [7, 11) is 1.36. The van der Waals surface area contributed by atoms with Gasteiger partial charge in [0.05, 0.1) is 23.8 Å². The third kappa shape index (κ3) is 1.99. The normalized spacial score (nSPS) is 11.0. The Morgan fingerprint density at radius 3 is 2.62 bits per heavy atom. The molecule has 0 aliphatic carbocycles. The number of nitrogen functional groups attached to an aromatic ring is 1. The number of halogens is 2. The monoisotopic (exact) mass is 289 g/mol. The molecule has 2 N–H and O–H groups in total. The standard InChI is InChI=1S/C15H13F2N3O/c1-8-4-3-5-9(16)14(8)20-12-7-13(21-2)10(17)6-11(12)19-15(20)18/h3-7H,1-2H3,(H2,18,19). The zero-order valence-electron chi connectivity index (χ0n) is 11.5. The van der Waals surface area contributed by atoms with Crippen molar-refractivity contribution in [1.29, 1.82) is 0 Å². The summed E-state index contributed by atoms with van der Waals surface area (Å²) in [5.74, 6) is -0.826. The maximum Gasteiger partial charge on any atom is 0.206 e. The molecule has 6 heteroatoms. The van der Waals surface area contributed by atoms with E-state index in [1.165, 1.54) is 29.9 Å². The van der Waals surface area contributed by atoms with Crippen molar-refractivity contribution >= 4 is 17.0 Å². The largest absolute Gasteiger partial charge is 0.494 e. The number of benzene rings is 2. The second-order valence-corrected chi connectivity index (χ2v) is 4.69. The van der Waals surface area contributed by atoms with Gasteiger partial charge in [-0.05, 0) is 18.6 Å². The van der Waals surface area contributed by atoms with Crippen molar-refractivity contribution in [2.45, 2.75) is 6.92 Å². The predicted octanol–water partition coefficient (Wildman–Crippen LogP) is 3.20. The molecule has 0 amide bonds. The van der Waals surface area contributed by atoms with Crippen LogP contribution in [0.25, 0.3) is 16.7 Å². The molecule has 0 aliphatic heterocycles. The second-order valence-electron chi connectivity index (χ2n) is 4.69. The number of nitrogens with two attached hydrogens (primary N) is 1. The quantitative estimate of drug-likeness (QED) is 0.788. The Morgan fingerprint density at radius 1 is 1.19 bits per heavy atom. The van der Waals surface area contributed by atoms with E-state index in [2.05, 4.69) is 4.98 Å². The summed E-state index contributed by atoms with van der Waals surface area (Å²) in [6.07, 6.45) is 0. The Balaban J connectivity index is 2.40. The second kappa shape index (κ2) is 4.73. The van der Waals surface area contributed by atoms with Crippen LogP contribution in [-0.2, 0) is 0 Å². The molecule has 0 spiro atoms. The average molecular weight is 289 g/mol. The SMILES string of the molecule is COc1cc2c(cc1F)nc(N)n2-c1c(C)cccc1F. The number of fused-ring (bicyclic) bond motifs is 1. The van der Waals surface area contributed by atoms with Gasteiger partial charge in [-0.2, -0.15) is 0 Å². The third-order valence-corrected chi connectivity index (χ3v) is 3.37. The molecule has 4 nitrogen and oxygen atoms in total. The maximum absolute atomic E-state index is 14.2. The highest BCUT2D eigenvalue weighted by molar-refractivity contribution is 5.83. The molecule has 0 bridgehead atoms. The van der Waals surface area contributed by atoms with Gasteiger partial charge >= 0.3 is 0 Å². The zero-order valence-corrected chi connectivity index (χ0v) is 11.5. The third-order valence-electron chi connectivity index (χ3n) is 3.37. The molecule has 0 saturated carbocycles. The van der Waals surface area contributed by atoms with E-state index in [0.717, 1.165) is 0 Å². The van der Waals surface area contributed by atoms with Crippen LogP contribution >= 0.6 is 0 Å². The lowest BCUT2D eigenvalue weighted by Crippen LogP contribution is -2.05. The number of aromatic nitrogens is 2. The number of nitrogens with zero attached hydrogens (tertiary/aromatic N) is 2. The highest BCUT2D eigenvalue weighted by Gasteiger charge is 2.17. The van der Waals surface area contributed by atoms with Crippen molar-refractivity contribution in [3.63, 3.8) is 0 Å². The first-order valence-electron chi connectivity index (χ1n) is 6.30. The molecule has 0 atom stereocenters. The number of aryl methyl sites for hydroxylation is 1. The summed E-state index contributed by atoms with van der Waals surface area (Å²) >= 11 is 0. The molecular weight excluding hydrogens is 276 g/mol. The van der Waals surface area contributed by atoms with Crippen LogP contribution in [0.3, 0.4) is 0 Å². The van der Waals surface area contributed by atoms with Gasteiger partial charge in [-0.3, -0.25) is 4.57 Å². The molecule has 0 fully saturated rings. The topological polar surface area (TPSA) is 53.1 Å². The molecule has 0 aliphatic rings. The summed E-state index contributed by atoms with van der Waals surface area (Å²) in [6.45, 7) is 1.77. The van der Waals surface area contributed by atoms with E-state index in [1.54, 1.807) is 19.1 Å². The number of anilines is 1. The molecule has 3 aromatic rings. The van der Waals surface area contributed by atoms with E-state index < -0.39 is 11.6 Å². The summed E-state index contributed by atoms with van der Waals surface area (Å²) in [5, 5.41) is 0. The van der Waals surface area contributed by atoms with Crippen molar-refractivity contribution in [2.24, 2.45) is 0 Å². The van der Waals surface area contributed by atoms with Crippen LogP contribution in [0.15, 0.2) is 30.3 Å². The van der Waals surface area contributed by atoms with E-state index in [9.17, 15) is 8.78 Å². The van der Waals surface area contributed by atoms with E-state index >= 15 is 0 Å². The fraction of sp³-hybridized carbons (Fsp3) is 0.133. The molecule has 2 aromatic carbocycles. The maximum atomic E-state index is 14.2. The molecular formula is C15H13F2N3O. The Kier molecular flexibility index (Phi) is 3.01. The fourth-order valence-corrected chi connectivity index (χ4v) is 2.40. The van der Waals surface area contributed by atoms with Crippen LogP contribution in [0, 0.1) is 18.6 Å². The van der Waals surface area contributed by atoms with Crippen LogP contribution in [-0.4, -0.2) is 16.7 Å². The van der Waals surface area contributed by atoms with Gasteiger partial charge < -0.3 is 10.5 Å². The van der Waals surface area contributed by atoms with Gasteiger partial charge in [-0.25, -0.2) is 13.8 Å². The first-order chi connectivity index (χ1) is 10.0. The molecule has 108 valence electrons. The van der Waals surface area contributed by atoms with Crippen molar-refractivity contribution < 1.29 is 13.5 Å². The van der Waals surface area contributed by atoms with Crippen LogP contribution in [0.2, 0.25) is 0 Å². The predicted molar refractivity (Wildman–Crippen MR) is 76.7 cm³/mol. The van der Waals surface area contributed by atoms with Gasteiger partial charge in [0.2, 0.25) is 5.95 Å². The van der Waals surface area contributed by atoms with Crippen molar-refractivity contribution in [1.82, 2.24) is 9.55 Å². The number of hydrogen-bond acceptors (Lipinski definition) is 3. The number of rotatable bonds is 2. The van der Waals surface area contributed by atoms with E-state index in [1.807, 2.05) is 0 Å². The Bertz CT molecular complexity index is 822. The van der Waals surface area contributed by atoms with Crippen molar-refractivity contribution in [3.05, 3.63) is 47.5 Å². The summed E-state index contributed by atoms with van der Waals surface area (Å²) in [4.78, 5) is 4.09. The first-order valence-corrected chi connectivity index (χ1v) is 6.30. The Hall–Kier alpha value is -2.63. The summed E-state index contributed by atoms with van der Waals surface area (Å²) < 4.78 is 34.3. The smallest absolute Gasteiger partial charge is 0.206 e. The average Bonchev–Trinajstić information content (AvgIpc) is 2.73. The number of para-hydroxylation sites is 1. The molecule has 1 aromatic heterocycles. The molecule has 3 rings (SSSR count). The molecule has 0 unspecified atom stereocenters. The molecule has 1 heterocycles. The minimum atomic E-state index is -0.542. The summed E-state index contributed by atoms with van der Waals surface area (Å²) in [6, 6.07) is 7.40. The van der Waals surface area contributed by atoms with E-state index in [4.69, 9.17) is 10.5 Å².